The smallest absolute Gasteiger partial charge is 0.493 e. The Hall–Kier alpha value is -6.13. The first kappa shape index (κ1) is 65.0. The fourth-order valence-electron chi connectivity index (χ4n) is 8.60. The lowest BCUT2D eigenvalue weighted by Gasteiger charge is -2.36. The van der Waals surface area contributed by atoms with Crippen LogP contribution in [-0.4, -0.2) is 126 Å². The summed E-state index contributed by atoms with van der Waals surface area (Å²) in [6.07, 6.45) is 11.9. The number of ether oxygens (including phenoxy) is 2. The van der Waals surface area contributed by atoms with Gasteiger partial charge in [0.05, 0.1) is 41.2 Å². The van der Waals surface area contributed by atoms with Crippen LogP contribution in [0.15, 0.2) is 90.4 Å². The second kappa shape index (κ2) is 27.5. The van der Waals surface area contributed by atoms with E-state index < -0.39 is 21.8 Å². The van der Waals surface area contributed by atoms with Crippen LogP contribution >= 0.6 is 15.9 Å². The summed E-state index contributed by atoms with van der Waals surface area (Å²) in [5, 5.41) is 22.7. The van der Waals surface area contributed by atoms with Crippen molar-refractivity contribution in [2.45, 2.75) is 139 Å². The van der Waals surface area contributed by atoms with E-state index in [1.54, 1.807) is 58.4 Å². The molecule has 0 saturated carbocycles. The third kappa shape index (κ3) is 14.6. The first-order valence-corrected chi connectivity index (χ1v) is 30.0. The van der Waals surface area contributed by atoms with Crippen LogP contribution in [0.2, 0.25) is 18.1 Å². The Labute approximate surface area is 496 Å². The van der Waals surface area contributed by atoms with E-state index in [2.05, 4.69) is 135 Å². The Bertz CT molecular complexity index is 3430. The van der Waals surface area contributed by atoms with Crippen molar-refractivity contribution in [2.75, 3.05) is 23.8 Å². The number of hydrogen-bond donors (Lipinski definition) is 2. The molecule has 17 nitrogen and oxygen atoms in total. The normalized spacial score (nSPS) is 14.4. The van der Waals surface area contributed by atoms with Gasteiger partial charge < -0.3 is 33.8 Å². The van der Waals surface area contributed by atoms with Crippen LogP contribution in [0.25, 0.3) is 22.4 Å². The highest BCUT2D eigenvalue weighted by molar-refractivity contribution is 9.10. The fraction of sp³-hybridized carbons (Fsp3) is 0.418. The number of nitrogens with one attached hydrogen (secondary N) is 2. The summed E-state index contributed by atoms with van der Waals surface area (Å²) >= 11 is 3.37. The molecule has 0 spiro atoms. The number of nitrogens with zero attached hydrogens (tertiary/aromatic N) is 10. The summed E-state index contributed by atoms with van der Waals surface area (Å²) in [6, 6.07) is 14.1. The number of rotatable bonds is 13. The van der Waals surface area contributed by atoms with Gasteiger partial charge in [0.25, 0.3) is 0 Å². The van der Waals surface area contributed by atoms with Crippen LogP contribution in [-0.2, 0) is 52.7 Å². The molecule has 2 aromatic carbocycles. The maximum atomic E-state index is 14.4. The van der Waals surface area contributed by atoms with Gasteiger partial charge in [0.2, 0.25) is 11.9 Å². The molecule has 3 aliphatic rings. The minimum atomic E-state index is -1.83. The Morgan fingerprint density at radius 2 is 1.26 bits per heavy atom. The molecule has 1 saturated heterocycles. The molecular formula is C55H70B6BrF2N12O5Si. The summed E-state index contributed by atoms with van der Waals surface area (Å²) in [5.41, 5.74) is 8.35. The highest BCUT2D eigenvalue weighted by Crippen LogP contribution is 2.39. The minimum absolute atomic E-state index is 0. The van der Waals surface area contributed by atoms with Crippen molar-refractivity contribution in [1.82, 2.24) is 49.1 Å². The van der Waals surface area contributed by atoms with E-state index in [0.717, 1.165) is 67.9 Å². The van der Waals surface area contributed by atoms with Gasteiger partial charge in [0.1, 0.15) is 35.8 Å². The monoisotopic (exact) mass is 1190 g/mol. The second-order valence-electron chi connectivity index (χ2n) is 21.7. The lowest BCUT2D eigenvalue weighted by Crippen LogP contribution is -2.42. The lowest BCUT2D eigenvalue weighted by molar-refractivity contribution is 0.00578. The maximum Gasteiger partial charge on any atom is 0.496 e. The van der Waals surface area contributed by atoms with Gasteiger partial charge in [0.15, 0.2) is 19.6 Å². The molecule has 3 aliphatic heterocycles. The van der Waals surface area contributed by atoms with Crippen molar-refractivity contribution < 1.29 is 32.0 Å². The highest BCUT2D eigenvalue weighted by Gasteiger charge is 2.52. The van der Waals surface area contributed by atoms with Gasteiger partial charge in [-0.2, -0.15) is 0 Å². The number of anilines is 2. The van der Waals surface area contributed by atoms with Crippen LogP contribution in [0.5, 0.6) is 11.5 Å². The van der Waals surface area contributed by atoms with Gasteiger partial charge >= 0.3 is 7.12 Å². The minimum Gasteiger partial charge on any atom is -0.493 e. The van der Waals surface area contributed by atoms with Crippen LogP contribution in [0.1, 0.15) is 104 Å². The lowest BCUT2D eigenvalue weighted by atomic mass is 8.97. The molecule has 6 aromatic heterocycles. The molecule has 0 atom stereocenters. The number of fused-ring (bicyclic) bond motifs is 4. The number of pyridine rings is 2. The summed E-state index contributed by atoms with van der Waals surface area (Å²) in [5.74, 6) is 2.13. The van der Waals surface area contributed by atoms with Gasteiger partial charge in [-0.05, 0) is 105 Å². The number of hydrogen-bond acceptors (Lipinski definition) is 15. The quantitative estimate of drug-likeness (QED) is 0.104. The Kier molecular flexibility index (Phi) is 21.8. The van der Waals surface area contributed by atoms with E-state index in [0.29, 0.717) is 73.6 Å². The van der Waals surface area contributed by atoms with Gasteiger partial charge in [0, 0.05) is 132 Å². The molecule has 27 heteroatoms. The summed E-state index contributed by atoms with van der Waals surface area (Å²) in [7, 11) is 13.6. The average molecular weight is 1190 g/mol. The number of aryl methyl sites for hydroxylation is 1. The predicted molar refractivity (Wildman–Crippen MR) is 332 cm³/mol. The summed E-state index contributed by atoms with van der Waals surface area (Å²) in [6.45, 7) is 23.8. The number of aromatic nitrogens is 10. The molecule has 423 valence electrons. The van der Waals surface area contributed by atoms with Crippen molar-refractivity contribution in [2.24, 2.45) is 0 Å². The number of benzene rings is 2. The molecule has 2 N–H and O–H groups in total. The van der Waals surface area contributed by atoms with E-state index in [4.69, 9.17) is 46.4 Å². The van der Waals surface area contributed by atoms with E-state index in [9.17, 15) is 8.78 Å². The zero-order valence-electron chi connectivity index (χ0n) is 46.9. The van der Waals surface area contributed by atoms with E-state index in [-0.39, 0.29) is 42.7 Å². The van der Waals surface area contributed by atoms with E-state index >= 15 is 0 Å². The van der Waals surface area contributed by atoms with Crippen molar-refractivity contribution in [3.8, 4) is 22.6 Å². The zero-order chi connectivity index (χ0) is 57.6. The third-order valence-electron chi connectivity index (χ3n) is 14.9. The van der Waals surface area contributed by atoms with Crippen molar-refractivity contribution in [3.05, 3.63) is 136 Å². The van der Waals surface area contributed by atoms with E-state index in [1.807, 2.05) is 24.3 Å². The molecule has 0 amide bonds. The van der Waals surface area contributed by atoms with Crippen LogP contribution in [0.4, 0.5) is 20.7 Å². The average Bonchev–Trinajstić information content (AvgIpc) is 4.50. The zero-order valence-corrected chi connectivity index (χ0v) is 49.4. The third-order valence-corrected chi connectivity index (χ3v) is 19.9. The van der Waals surface area contributed by atoms with Gasteiger partial charge in [-0.25, -0.2) is 18.7 Å². The van der Waals surface area contributed by atoms with Gasteiger partial charge in [-0.15, -0.1) is 20.4 Å². The summed E-state index contributed by atoms with van der Waals surface area (Å²) in [4.78, 5) is 17.8. The predicted octanol–water partition coefficient (Wildman–Crippen LogP) is 9.28. The van der Waals surface area contributed by atoms with Crippen molar-refractivity contribution >= 4 is 96.7 Å². The maximum absolute atomic E-state index is 14.4. The molecule has 8 aromatic rings. The first-order valence-electron chi connectivity index (χ1n) is 26.3. The Morgan fingerprint density at radius 1 is 0.756 bits per heavy atom. The molecule has 82 heavy (non-hydrogen) atoms. The molecule has 0 bridgehead atoms. The van der Waals surface area contributed by atoms with Crippen molar-refractivity contribution in [3.63, 3.8) is 0 Å². The molecule has 0 unspecified atom stereocenters. The van der Waals surface area contributed by atoms with Gasteiger partial charge in [-0.3, -0.25) is 18.8 Å². The van der Waals surface area contributed by atoms with Crippen LogP contribution in [0, 0.1) is 11.6 Å². The Morgan fingerprint density at radius 3 is 1.78 bits per heavy atom. The van der Waals surface area contributed by atoms with E-state index in [1.165, 1.54) is 19.2 Å². The molecule has 7 radical (unpaired) electrons. The van der Waals surface area contributed by atoms with Crippen molar-refractivity contribution in [1.29, 1.82) is 0 Å². The first-order chi connectivity index (χ1) is 38.0. The molecule has 11 rings (SSSR count). The number of halogens is 3. The highest BCUT2D eigenvalue weighted by atomic mass is 79.9. The molecule has 9 heterocycles. The fourth-order valence-corrected chi connectivity index (χ4v) is 9.90. The standard InChI is InChI=1S/C21H19FN6O.C18H32BNO3Si.C14H11BrFN5O.2CH4.B5/c1-2-18-13(4-3-8-23-18)16-11-25-21(28-12-26-27-20(16)28)24-10-15-14-7-9-29-19(14)6-5-17(15)22;1-16(2,3)24(8,9)21-13-15-14(11-10-12-20-15)19-22-17(4,5)18(6,7)23-19;15-10-6-18-14(21-7-19-20-13(10)21)17-5-9-8-3-4-22-12(8)2-1-11(9)16;;;1-4-5(2)3/h3-6,8,11-12H,2,7,9-10H2,1H3,(H,24,25);10-12H,13H2,1-9H3;1-2,6-7H,3-5H2,(H,17,18);2*1H4;. The molecule has 0 aliphatic carbocycles. The van der Waals surface area contributed by atoms with Crippen LogP contribution in [0.3, 0.4) is 0 Å². The van der Waals surface area contributed by atoms with Crippen LogP contribution < -0.4 is 25.6 Å². The largest absolute Gasteiger partial charge is 0.496 e. The Balaban J connectivity index is 0.000000189. The topological polar surface area (TPSA) is 182 Å². The summed E-state index contributed by atoms with van der Waals surface area (Å²) < 4.78 is 62.5. The molecule has 1 fully saturated rings. The SMILES string of the molecule is C.C.CC1(C)OB(c2cccnc2CO[Si](C)(C)C(C)(C)C)OC1(C)C.CCc1ncccc1-c1cnc(NCc2c(F)ccc3c2CCO3)n2cnnc12.Fc1ccc2c(c1CNc1ncc(Br)c3nncn13)CCO2.[B][B]B([B])[B]. The van der Waals surface area contributed by atoms with Gasteiger partial charge in [-0.1, -0.05) is 54.7 Å². The second-order valence-corrected chi connectivity index (χ2v) is 27.3. The molecular weight excluding hydrogens is 1120 g/mol.